The van der Waals surface area contributed by atoms with Crippen LogP contribution in [0.15, 0.2) is 42.6 Å². The maximum absolute atomic E-state index is 8.81. The molecule has 1 aromatic carbocycles. The van der Waals surface area contributed by atoms with E-state index in [1.807, 2.05) is 39.2 Å². The van der Waals surface area contributed by atoms with E-state index in [-0.39, 0.29) is 0 Å². The minimum atomic E-state index is 0.466. The van der Waals surface area contributed by atoms with Gasteiger partial charge in [-0.3, -0.25) is 5.14 Å². The Bertz CT molecular complexity index is 949. The van der Waals surface area contributed by atoms with Gasteiger partial charge in [-0.2, -0.15) is 4.98 Å². The van der Waals surface area contributed by atoms with Gasteiger partial charge in [0.25, 0.3) is 0 Å². The summed E-state index contributed by atoms with van der Waals surface area (Å²) < 4.78 is 5.14. The third-order valence-corrected chi connectivity index (χ3v) is 5.51. The number of aldehydes is 1. The van der Waals surface area contributed by atoms with Crippen molar-refractivity contribution < 1.29 is 9.53 Å². The maximum atomic E-state index is 8.81. The molecule has 0 amide bonds. The van der Waals surface area contributed by atoms with E-state index in [1.54, 1.807) is 7.11 Å². The number of aromatic nitrogens is 2. The van der Waals surface area contributed by atoms with E-state index >= 15 is 0 Å². The fourth-order valence-electron chi connectivity index (χ4n) is 3.10. The number of methoxy groups -OCH3 is 1. The summed E-state index contributed by atoms with van der Waals surface area (Å²) in [5, 5.41) is 9.65. The van der Waals surface area contributed by atoms with Crippen LogP contribution in [0.1, 0.15) is 70.6 Å². The third kappa shape index (κ3) is 10.1. The van der Waals surface area contributed by atoms with Crippen molar-refractivity contribution >= 4 is 35.0 Å². The van der Waals surface area contributed by atoms with Gasteiger partial charge in [0.2, 0.25) is 5.88 Å². The fraction of sp³-hybridized carbons (Fsp3) is 0.444. The Morgan fingerprint density at radius 1 is 1.12 bits per heavy atom. The predicted octanol–water partition coefficient (Wildman–Crippen LogP) is 6.78. The second kappa shape index (κ2) is 18.7. The molecule has 3 N–H and O–H groups in total. The molecule has 0 aliphatic carbocycles. The second-order valence-electron chi connectivity index (χ2n) is 7.09. The molecule has 3 aromatic rings. The normalized spacial score (nSPS) is 10.4. The molecule has 0 bridgehead atoms. The largest absolute Gasteiger partial charge is 0.481 e. The topological polar surface area (TPSA) is 90.1 Å². The van der Waals surface area contributed by atoms with Gasteiger partial charge in [0.05, 0.1) is 19.0 Å². The van der Waals surface area contributed by atoms with Crippen LogP contribution in [0.25, 0.3) is 11.0 Å². The van der Waals surface area contributed by atoms with Crippen molar-refractivity contribution in [3.8, 4) is 5.88 Å². The van der Waals surface area contributed by atoms with Crippen LogP contribution in [0, 0.1) is 0 Å². The van der Waals surface area contributed by atoms with E-state index in [9.17, 15) is 0 Å². The van der Waals surface area contributed by atoms with Gasteiger partial charge in [-0.05, 0) is 48.4 Å². The van der Waals surface area contributed by atoms with Crippen molar-refractivity contribution in [1.29, 1.82) is 0 Å². The molecule has 0 spiro atoms. The third-order valence-electron chi connectivity index (χ3n) is 5.01. The van der Waals surface area contributed by atoms with Crippen LogP contribution in [0.5, 0.6) is 5.88 Å². The standard InChI is InChI=1S/C14H19N3O.C9H13NS.C2H4O.C2H6/c1-5-9(2)13-10-6-7-12(18-4)17-14(10)16-8-11(13)15-3;1-2-8-3-5-9(6-4-8)7-11-10;1-2-3;1-2/h6-9,15H,5H2,1-4H3;3-6H,2,7,10H2,1H3;2H,1H3;1-2H3. The lowest BCUT2D eigenvalue weighted by Crippen LogP contribution is -2.03. The highest BCUT2D eigenvalue weighted by molar-refractivity contribution is 7.96. The molecule has 188 valence electrons. The van der Waals surface area contributed by atoms with E-state index in [1.165, 1.54) is 35.6 Å². The number of nitrogens with zero attached hydrogens (tertiary/aromatic N) is 2. The second-order valence-corrected chi connectivity index (χ2v) is 7.71. The van der Waals surface area contributed by atoms with Gasteiger partial charge >= 0.3 is 0 Å². The van der Waals surface area contributed by atoms with Gasteiger partial charge in [0.15, 0.2) is 5.65 Å². The molecule has 3 rings (SSSR count). The summed E-state index contributed by atoms with van der Waals surface area (Å²) in [5.74, 6) is 1.97. The highest BCUT2D eigenvalue weighted by Gasteiger charge is 2.14. The number of pyridine rings is 2. The Hall–Kier alpha value is -2.64. The molecule has 0 aliphatic heterocycles. The van der Waals surface area contributed by atoms with Crippen molar-refractivity contribution in [2.75, 3.05) is 19.5 Å². The lowest BCUT2D eigenvalue weighted by atomic mass is 9.94. The number of benzene rings is 1. The van der Waals surface area contributed by atoms with Crippen molar-refractivity contribution in [1.82, 2.24) is 9.97 Å². The SMILES string of the molecule is CC.CC=O.CCC(C)c1c(NC)cnc2nc(OC)ccc12.CCc1ccc(CSN)cc1. The molecule has 0 radical (unpaired) electrons. The summed E-state index contributed by atoms with van der Waals surface area (Å²) in [7, 11) is 3.54. The Labute approximate surface area is 210 Å². The molecule has 2 heterocycles. The number of ether oxygens (including phenoxy) is 1. The predicted molar refractivity (Wildman–Crippen MR) is 149 cm³/mol. The van der Waals surface area contributed by atoms with Crippen LogP contribution in [0.2, 0.25) is 0 Å². The number of aryl methyl sites for hydroxylation is 1. The fourth-order valence-corrected chi connectivity index (χ4v) is 3.48. The molecule has 0 aliphatic rings. The number of hydrogen-bond acceptors (Lipinski definition) is 7. The average molecular weight is 487 g/mol. The minimum absolute atomic E-state index is 0.466. The Morgan fingerprint density at radius 3 is 2.18 bits per heavy atom. The van der Waals surface area contributed by atoms with Crippen LogP contribution < -0.4 is 15.2 Å². The van der Waals surface area contributed by atoms with Gasteiger partial charge in [-0.15, -0.1) is 0 Å². The van der Waals surface area contributed by atoms with Crippen LogP contribution >= 0.6 is 11.9 Å². The van der Waals surface area contributed by atoms with Gasteiger partial charge in [-0.1, -0.05) is 70.8 Å². The maximum Gasteiger partial charge on any atom is 0.215 e. The van der Waals surface area contributed by atoms with Crippen molar-refractivity contribution in [2.45, 2.75) is 66.1 Å². The van der Waals surface area contributed by atoms with E-state index in [2.05, 4.69) is 60.3 Å². The van der Waals surface area contributed by atoms with Crippen molar-refractivity contribution in [3.05, 3.63) is 59.3 Å². The molecule has 34 heavy (non-hydrogen) atoms. The zero-order chi connectivity index (χ0) is 25.9. The van der Waals surface area contributed by atoms with Crippen LogP contribution in [-0.2, 0) is 17.0 Å². The molecule has 7 heteroatoms. The molecular formula is C27H42N4O2S. The lowest BCUT2D eigenvalue weighted by Gasteiger charge is -2.17. The Kier molecular flexibility index (Phi) is 17.3. The zero-order valence-corrected chi connectivity index (χ0v) is 22.8. The number of carbonyl (C=O) groups is 1. The number of carbonyl (C=O) groups excluding carboxylic acids is 1. The lowest BCUT2D eigenvalue weighted by molar-refractivity contribution is -0.106. The van der Waals surface area contributed by atoms with Crippen LogP contribution in [-0.4, -0.2) is 30.4 Å². The highest BCUT2D eigenvalue weighted by Crippen LogP contribution is 2.32. The van der Waals surface area contributed by atoms with Gasteiger partial charge in [0.1, 0.15) is 6.29 Å². The van der Waals surface area contributed by atoms with E-state index < -0.39 is 0 Å². The van der Waals surface area contributed by atoms with Gasteiger partial charge < -0.3 is 14.8 Å². The van der Waals surface area contributed by atoms with Crippen molar-refractivity contribution in [2.24, 2.45) is 5.14 Å². The Morgan fingerprint density at radius 2 is 1.71 bits per heavy atom. The zero-order valence-electron chi connectivity index (χ0n) is 22.0. The molecule has 1 atom stereocenters. The summed E-state index contributed by atoms with van der Waals surface area (Å²) in [4.78, 5) is 17.6. The summed E-state index contributed by atoms with van der Waals surface area (Å²) in [5.41, 5.74) is 5.78. The number of rotatable bonds is 7. The van der Waals surface area contributed by atoms with E-state index in [0.717, 1.165) is 41.6 Å². The van der Waals surface area contributed by atoms with Crippen molar-refractivity contribution in [3.63, 3.8) is 0 Å². The summed E-state index contributed by atoms with van der Waals surface area (Å²) in [6.07, 6.45) is 4.78. The van der Waals surface area contributed by atoms with Gasteiger partial charge in [-0.25, -0.2) is 4.98 Å². The van der Waals surface area contributed by atoms with Gasteiger partial charge in [0, 0.05) is 24.3 Å². The molecule has 2 aromatic heterocycles. The number of hydrogen-bond donors (Lipinski definition) is 2. The number of nitrogens with two attached hydrogens (primary N) is 1. The molecule has 0 saturated heterocycles. The molecule has 6 nitrogen and oxygen atoms in total. The van der Waals surface area contributed by atoms with E-state index in [4.69, 9.17) is 14.7 Å². The molecule has 0 saturated carbocycles. The monoisotopic (exact) mass is 486 g/mol. The van der Waals surface area contributed by atoms with E-state index in [0.29, 0.717) is 11.8 Å². The summed E-state index contributed by atoms with van der Waals surface area (Å²) >= 11 is 1.37. The number of fused-ring (bicyclic) bond motifs is 1. The smallest absolute Gasteiger partial charge is 0.215 e. The number of anilines is 1. The molecular weight excluding hydrogens is 444 g/mol. The summed E-state index contributed by atoms with van der Waals surface area (Å²) in [6, 6.07) is 12.5. The first-order valence-electron chi connectivity index (χ1n) is 11.8. The Balaban J connectivity index is 0.000000581. The minimum Gasteiger partial charge on any atom is -0.481 e. The molecule has 0 fully saturated rings. The number of nitrogens with one attached hydrogen (secondary N) is 1. The molecule has 1 unspecified atom stereocenters. The first-order chi connectivity index (χ1) is 16.5. The highest BCUT2D eigenvalue weighted by atomic mass is 32.2. The summed E-state index contributed by atoms with van der Waals surface area (Å²) in [6.45, 7) is 12.0. The quantitative estimate of drug-likeness (QED) is 0.281. The van der Waals surface area contributed by atoms with Crippen LogP contribution in [0.4, 0.5) is 5.69 Å². The average Bonchev–Trinajstić information content (AvgIpc) is 2.89. The first kappa shape index (κ1) is 31.4. The van der Waals surface area contributed by atoms with Crippen LogP contribution in [0.3, 0.4) is 0 Å². The first-order valence-corrected chi connectivity index (χ1v) is 12.8.